The summed E-state index contributed by atoms with van der Waals surface area (Å²) in [5, 5.41) is 11.5. The van der Waals surface area contributed by atoms with Gasteiger partial charge < -0.3 is 10.8 Å². The summed E-state index contributed by atoms with van der Waals surface area (Å²) in [5.74, 6) is -0.708. The van der Waals surface area contributed by atoms with Crippen molar-refractivity contribution in [1.82, 2.24) is 0 Å². The van der Waals surface area contributed by atoms with E-state index in [1.165, 1.54) is 11.6 Å². The summed E-state index contributed by atoms with van der Waals surface area (Å²) in [6.07, 6.45) is 0. The zero-order chi connectivity index (χ0) is 15.9. The summed E-state index contributed by atoms with van der Waals surface area (Å²) in [4.78, 5) is 11.7. The van der Waals surface area contributed by atoms with E-state index in [1.807, 2.05) is 32.0 Å². The second-order valence-corrected chi connectivity index (χ2v) is 5.54. The Morgan fingerprint density at radius 3 is 2.18 bits per heavy atom. The summed E-state index contributed by atoms with van der Waals surface area (Å²) < 4.78 is 0. The van der Waals surface area contributed by atoms with E-state index < -0.39 is 5.91 Å². The lowest BCUT2D eigenvalue weighted by Crippen LogP contribution is -2.12. The number of hydrogen-bond acceptors (Lipinski definition) is 2. The van der Waals surface area contributed by atoms with Crippen molar-refractivity contribution in [2.75, 3.05) is 0 Å². The Kier molecular flexibility index (Phi) is 3.33. The number of nitrogens with two attached hydrogens (primary N) is 1. The fourth-order valence-electron chi connectivity index (χ4n) is 2.87. The predicted octanol–water partition coefficient (Wildman–Crippen LogP) is 3.93. The number of hydrogen-bond donors (Lipinski definition) is 2. The molecule has 0 aliphatic rings. The van der Waals surface area contributed by atoms with E-state index >= 15 is 0 Å². The molecule has 0 aliphatic carbocycles. The number of phenols is 1. The minimum absolute atomic E-state index is 0.0845. The van der Waals surface area contributed by atoms with Crippen molar-refractivity contribution in [2.24, 2.45) is 5.73 Å². The third-order valence-electron chi connectivity index (χ3n) is 3.97. The van der Waals surface area contributed by atoms with Gasteiger partial charge in [0.05, 0.1) is 5.56 Å². The summed E-state index contributed by atoms with van der Waals surface area (Å²) in [7, 11) is 0. The zero-order valence-electron chi connectivity index (χ0n) is 12.6. The van der Waals surface area contributed by atoms with Crippen molar-refractivity contribution in [3.8, 4) is 16.9 Å². The van der Waals surface area contributed by atoms with Gasteiger partial charge >= 0.3 is 0 Å². The van der Waals surface area contributed by atoms with Crippen molar-refractivity contribution in [1.29, 1.82) is 0 Å². The fraction of sp³-hybridized carbons (Fsp3) is 0.105. The molecule has 1 amide bonds. The molecule has 3 N–H and O–H groups in total. The maximum absolute atomic E-state index is 11.7. The molecular formula is C19H17NO2. The Balaban J connectivity index is 2.40. The molecule has 0 aliphatic heterocycles. The first-order valence-corrected chi connectivity index (χ1v) is 7.11. The van der Waals surface area contributed by atoms with Gasteiger partial charge in [-0.3, -0.25) is 4.79 Å². The van der Waals surface area contributed by atoms with Crippen LogP contribution in [0.4, 0.5) is 0 Å². The smallest absolute Gasteiger partial charge is 0.253 e. The molecule has 0 heterocycles. The molecule has 0 spiro atoms. The fourth-order valence-corrected chi connectivity index (χ4v) is 2.87. The monoisotopic (exact) mass is 291 g/mol. The maximum atomic E-state index is 11.7. The molecule has 0 bridgehead atoms. The Labute approximate surface area is 129 Å². The van der Waals surface area contributed by atoms with Crippen LogP contribution in [0, 0.1) is 13.8 Å². The highest BCUT2D eigenvalue weighted by atomic mass is 16.3. The average molecular weight is 291 g/mol. The van der Waals surface area contributed by atoms with Gasteiger partial charge in [-0.25, -0.2) is 0 Å². The van der Waals surface area contributed by atoms with Crippen LogP contribution in [0.15, 0.2) is 48.5 Å². The number of carbonyl (C=O) groups excluding carboxylic acids is 1. The van der Waals surface area contributed by atoms with Gasteiger partial charge in [0.25, 0.3) is 5.91 Å². The van der Waals surface area contributed by atoms with Crippen molar-refractivity contribution in [3.05, 3.63) is 65.2 Å². The summed E-state index contributed by atoms with van der Waals surface area (Å²) >= 11 is 0. The minimum Gasteiger partial charge on any atom is -0.507 e. The normalized spacial score (nSPS) is 10.8. The number of carbonyl (C=O) groups is 1. The predicted molar refractivity (Wildman–Crippen MR) is 89.0 cm³/mol. The molecule has 3 aromatic carbocycles. The van der Waals surface area contributed by atoms with Crippen LogP contribution in [-0.2, 0) is 0 Å². The van der Waals surface area contributed by atoms with Crippen molar-refractivity contribution in [3.63, 3.8) is 0 Å². The second kappa shape index (κ2) is 5.19. The Bertz CT molecular complexity index is 880. The summed E-state index contributed by atoms with van der Waals surface area (Å²) in [6.45, 7) is 4.08. The van der Waals surface area contributed by atoms with Gasteiger partial charge in [-0.05, 0) is 47.4 Å². The van der Waals surface area contributed by atoms with Crippen LogP contribution >= 0.6 is 0 Å². The Morgan fingerprint density at radius 2 is 1.55 bits per heavy atom. The highest BCUT2D eigenvalue weighted by Gasteiger charge is 2.16. The van der Waals surface area contributed by atoms with E-state index in [9.17, 15) is 9.90 Å². The van der Waals surface area contributed by atoms with Crippen molar-refractivity contribution >= 4 is 16.7 Å². The number of aromatic hydroxyl groups is 1. The quantitative estimate of drug-likeness (QED) is 0.751. The van der Waals surface area contributed by atoms with Crippen LogP contribution in [0.2, 0.25) is 0 Å². The lowest BCUT2D eigenvalue weighted by molar-refractivity contribution is 0.0999. The van der Waals surface area contributed by atoms with Gasteiger partial charge in [-0.15, -0.1) is 0 Å². The van der Waals surface area contributed by atoms with Crippen LogP contribution in [0.3, 0.4) is 0 Å². The molecule has 0 atom stereocenters. The molecule has 22 heavy (non-hydrogen) atoms. The lowest BCUT2D eigenvalue weighted by atomic mass is 9.91. The zero-order valence-corrected chi connectivity index (χ0v) is 12.6. The largest absolute Gasteiger partial charge is 0.507 e. The number of fused-ring (bicyclic) bond motifs is 1. The number of amides is 1. The van der Waals surface area contributed by atoms with E-state index in [2.05, 4.69) is 24.3 Å². The van der Waals surface area contributed by atoms with E-state index in [-0.39, 0.29) is 11.3 Å². The molecule has 0 fully saturated rings. The standard InChI is InChI=1S/C19H17NO2/c1-11-3-6-13(7-4-11)17-12(2)5-8-15-14(17)9-10-16(21)18(15)19(20)22/h3-10,21H,1-2H3,(H2,20,22). The Hall–Kier alpha value is -2.81. The maximum Gasteiger partial charge on any atom is 0.253 e. The van der Waals surface area contributed by atoms with E-state index in [4.69, 9.17) is 5.73 Å². The number of aryl methyl sites for hydroxylation is 2. The lowest BCUT2D eigenvalue weighted by Gasteiger charge is -2.13. The highest BCUT2D eigenvalue weighted by Crippen LogP contribution is 2.36. The third kappa shape index (κ3) is 2.21. The van der Waals surface area contributed by atoms with Gasteiger partial charge in [0.15, 0.2) is 0 Å². The van der Waals surface area contributed by atoms with Crippen LogP contribution in [-0.4, -0.2) is 11.0 Å². The first-order valence-electron chi connectivity index (χ1n) is 7.11. The van der Waals surface area contributed by atoms with E-state index in [1.54, 1.807) is 0 Å². The summed E-state index contributed by atoms with van der Waals surface area (Å²) in [6, 6.07) is 15.4. The van der Waals surface area contributed by atoms with Gasteiger partial charge in [-0.2, -0.15) is 0 Å². The molecule has 3 rings (SSSR count). The van der Waals surface area contributed by atoms with E-state index in [0.717, 1.165) is 22.1 Å². The molecule has 110 valence electrons. The highest BCUT2D eigenvalue weighted by molar-refractivity contribution is 6.12. The van der Waals surface area contributed by atoms with Gasteiger partial charge in [0, 0.05) is 0 Å². The number of rotatable bonds is 2. The van der Waals surface area contributed by atoms with Crippen LogP contribution in [0.1, 0.15) is 21.5 Å². The molecule has 3 heteroatoms. The molecular weight excluding hydrogens is 274 g/mol. The van der Waals surface area contributed by atoms with Crippen molar-refractivity contribution in [2.45, 2.75) is 13.8 Å². The minimum atomic E-state index is -0.623. The molecule has 0 radical (unpaired) electrons. The molecule has 0 saturated heterocycles. The van der Waals surface area contributed by atoms with Gasteiger partial charge in [0.2, 0.25) is 0 Å². The van der Waals surface area contributed by atoms with Crippen molar-refractivity contribution < 1.29 is 9.90 Å². The van der Waals surface area contributed by atoms with E-state index in [0.29, 0.717) is 5.39 Å². The Morgan fingerprint density at radius 1 is 0.909 bits per heavy atom. The van der Waals surface area contributed by atoms with Crippen LogP contribution in [0.5, 0.6) is 5.75 Å². The first kappa shape index (κ1) is 14.1. The first-order chi connectivity index (χ1) is 10.5. The summed E-state index contributed by atoms with van der Waals surface area (Å²) in [5.41, 5.74) is 10.0. The molecule has 0 unspecified atom stereocenters. The third-order valence-corrected chi connectivity index (χ3v) is 3.97. The SMILES string of the molecule is Cc1ccc(-c2c(C)ccc3c(C(N)=O)c(O)ccc23)cc1. The van der Waals surface area contributed by atoms with Gasteiger partial charge in [-0.1, -0.05) is 48.0 Å². The molecule has 0 saturated carbocycles. The average Bonchev–Trinajstić information content (AvgIpc) is 2.48. The number of benzene rings is 3. The second-order valence-electron chi connectivity index (χ2n) is 5.54. The topological polar surface area (TPSA) is 63.3 Å². The molecule has 0 aromatic heterocycles. The van der Waals surface area contributed by atoms with Crippen LogP contribution < -0.4 is 5.73 Å². The molecule has 3 nitrogen and oxygen atoms in total. The molecule has 3 aromatic rings. The number of primary amides is 1. The van der Waals surface area contributed by atoms with Gasteiger partial charge in [0.1, 0.15) is 5.75 Å². The van der Waals surface area contributed by atoms with Crippen LogP contribution in [0.25, 0.3) is 21.9 Å².